The maximum Gasteiger partial charge on any atom is 0.220 e. The molecule has 0 unspecified atom stereocenters. The molecule has 0 aliphatic heterocycles. The molecule has 0 aromatic carbocycles. The van der Waals surface area contributed by atoms with Gasteiger partial charge >= 0.3 is 0 Å². The van der Waals surface area contributed by atoms with Gasteiger partial charge in [0.05, 0.1) is 0 Å². The molecule has 3 heteroatoms. The Bertz CT molecular complexity index is 117. The quantitative estimate of drug-likeness (QED) is 0.621. The maximum absolute atomic E-state index is 11.0. The lowest BCUT2D eigenvalue weighted by atomic mass is 10.2. The average molecular weight is 189 g/mol. The Morgan fingerprint density at radius 1 is 1.42 bits per heavy atom. The number of hydrogen-bond donors (Lipinski definition) is 1. The van der Waals surface area contributed by atoms with Gasteiger partial charge < -0.3 is 5.32 Å². The minimum atomic E-state index is 0.195. The Morgan fingerprint density at radius 2 is 2.17 bits per heavy atom. The summed E-state index contributed by atoms with van der Waals surface area (Å²) < 4.78 is 0. The lowest BCUT2D eigenvalue weighted by Crippen LogP contribution is -2.24. The van der Waals surface area contributed by atoms with E-state index in [1.54, 1.807) is 11.8 Å². The molecule has 1 N–H and O–H groups in total. The van der Waals surface area contributed by atoms with Crippen LogP contribution >= 0.6 is 11.8 Å². The first-order valence-electron chi connectivity index (χ1n) is 4.57. The van der Waals surface area contributed by atoms with Crippen molar-refractivity contribution in [1.82, 2.24) is 5.32 Å². The van der Waals surface area contributed by atoms with Gasteiger partial charge in [0.15, 0.2) is 0 Å². The average Bonchev–Trinajstić information content (AvgIpc) is 2.09. The summed E-state index contributed by atoms with van der Waals surface area (Å²) >= 11 is 1.71. The van der Waals surface area contributed by atoms with Crippen molar-refractivity contribution < 1.29 is 4.79 Å². The molecule has 0 aliphatic rings. The molecule has 0 aromatic heterocycles. The second-order valence-corrected chi connectivity index (χ2v) is 3.79. The molecule has 0 atom stereocenters. The van der Waals surface area contributed by atoms with Gasteiger partial charge in [0.25, 0.3) is 0 Å². The van der Waals surface area contributed by atoms with Crippen LogP contribution in [-0.4, -0.2) is 24.5 Å². The Hall–Kier alpha value is -0.180. The molecule has 0 saturated carbocycles. The van der Waals surface area contributed by atoms with Gasteiger partial charge in [-0.1, -0.05) is 19.8 Å². The molecule has 0 aliphatic carbocycles. The van der Waals surface area contributed by atoms with Gasteiger partial charge in [-0.25, -0.2) is 0 Å². The van der Waals surface area contributed by atoms with Gasteiger partial charge in [-0.15, -0.1) is 0 Å². The summed E-state index contributed by atoms with van der Waals surface area (Å²) in [6.07, 6.45) is 6.21. The highest BCUT2D eigenvalue weighted by Gasteiger charge is 1.97. The van der Waals surface area contributed by atoms with E-state index in [1.165, 1.54) is 12.8 Å². The first-order chi connectivity index (χ1) is 5.81. The number of carbonyl (C=O) groups is 1. The predicted molar refractivity (Wildman–Crippen MR) is 55.5 cm³/mol. The normalized spacial score (nSPS) is 9.83. The van der Waals surface area contributed by atoms with Gasteiger partial charge in [0, 0.05) is 18.7 Å². The standard InChI is InChI=1S/C9H19NOS/c1-3-4-5-7-10-9(11)6-8-12-2/h3-8H2,1-2H3,(H,10,11). The van der Waals surface area contributed by atoms with E-state index in [2.05, 4.69) is 12.2 Å². The largest absolute Gasteiger partial charge is 0.356 e. The molecule has 12 heavy (non-hydrogen) atoms. The molecule has 72 valence electrons. The Morgan fingerprint density at radius 3 is 2.75 bits per heavy atom. The molecular weight excluding hydrogens is 170 g/mol. The van der Waals surface area contributed by atoms with Crippen molar-refractivity contribution in [2.24, 2.45) is 0 Å². The van der Waals surface area contributed by atoms with Gasteiger partial charge in [0.2, 0.25) is 5.91 Å². The fourth-order valence-corrected chi connectivity index (χ4v) is 1.28. The third-order valence-corrected chi connectivity index (χ3v) is 2.25. The molecule has 0 radical (unpaired) electrons. The second-order valence-electron chi connectivity index (χ2n) is 2.80. The van der Waals surface area contributed by atoms with Crippen molar-refractivity contribution in [2.45, 2.75) is 32.6 Å². The fourth-order valence-electron chi connectivity index (χ4n) is 0.886. The smallest absolute Gasteiger partial charge is 0.220 e. The molecule has 0 fully saturated rings. The minimum Gasteiger partial charge on any atom is -0.356 e. The van der Waals surface area contributed by atoms with E-state index >= 15 is 0 Å². The minimum absolute atomic E-state index is 0.195. The molecule has 0 saturated heterocycles. The Kier molecular flexibility index (Phi) is 8.78. The van der Waals surface area contributed by atoms with Gasteiger partial charge in [-0.05, 0) is 12.7 Å². The van der Waals surface area contributed by atoms with E-state index in [0.717, 1.165) is 18.7 Å². The highest BCUT2D eigenvalue weighted by molar-refractivity contribution is 7.98. The zero-order valence-electron chi connectivity index (χ0n) is 8.06. The highest BCUT2D eigenvalue weighted by Crippen LogP contribution is 1.95. The van der Waals surface area contributed by atoms with Crippen LogP contribution in [0.5, 0.6) is 0 Å². The summed E-state index contributed by atoms with van der Waals surface area (Å²) in [7, 11) is 0. The summed E-state index contributed by atoms with van der Waals surface area (Å²) in [5, 5.41) is 2.90. The predicted octanol–water partition coefficient (Wildman–Crippen LogP) is 2.05. The maximum atomic E-state index is 11.0. The highest BCUT2D eigenvalue weighted by atomic mass is 32.2. The van der Waals surface area contributed by atoms with Crippen LogP contribution in [0.25, 0.3) is 0 Å². The van der Waals surface area contributed by atoms with Gasteiger partial charge in [0.1, 0.15) is 0 Å². The molecular formula is C9H19NOS. The molecule has 2 nitrogen and oxygen atoms in total. The number of rotatable bonds is 7. The molecule has 0 heterocycles. The van der Waals surface area contributed by atoms with Crippen molar-refractivity contribution in [1.29, 1.82) is 0 Å². The van der Waals surface area contributed by atoms with Crippen molar-refractivity contribution in [3.63, 3.8) is 0 Å². The van der Waals surface area contributed by atoms with E-state index in [4.69, 9.17) is 0 Å². The second kappa shape index (κ2) is 8.91. The third-order valence-electron chi connectivity index (χ3n) is 1.64. The van der Waals surface area contributed by atoms with Crippen molar-refractivity contribution in [3.8, 4) is 0 Å². The first kappa shape index (κ1) is 11.8. The summed E-state index contributed by atoms with van der Waals surface area (Å²) in [6.45, 7) is 3.01. The number of carbonyl (C=O) groups excluding carboxylic acids is 1. The van der Waals surface area contributed by atoms with E-state index in [0.29, 0.717) is 6.42 Å². The lowest BCUT2D eigenvalue weighted by molar-refractivity contribution is -0.120. The van der Waals surface area contributed by atoms with E-state index < -0.39 is 0 Å². The lowest BCUT2D eigenvalue weighted by Gasteiger charge is -2.02. The Labute approximate surface area is 79.5 Å². The zero-order valence-corrected chi connectivity index (χ0v) is 8.88. The topological polar surface area (TPSA) is 29.1 Å². The van der Waals surface area contributed by atoms with E-state index in [9.17, 15) is 4.79 Å². The Balaban J connectivity index is 3.08. The summed E-state index contributed by atoms with van der Waals surface area (Å²) in [5.41, 5.74) is 0. The van der Waals surface area contributed by atoms with Crippen LogP contribution in [0.2, 0.25) is 0 Å². The number of nitrogens with one attached hydrogen (secondary N) is 1. The van der Waals surface area contributed by atoms with Crippen LogP contribution in [0.4, 0.5) is 0 Å². The third kappa shape index (κ3) is 7.92. The number of unbranched alkanes of at least 4 members (excludes halogenated alkanes) is 2. The van der Waals surface area contributed by atoms with Gasteiger partial charge in [-0.2, -0.15) is 11.8 Å². The van der Waals surface area contributed by atoms with Crippen LogP contribution < -0.4 is 5.32 Å². The molecule has 0 spiro atoms. The number of amides is 1. The van der Waals surface area contributed by atoms with Crippen molar-refractivity contribution >= 4 is 17.7 Å². The first-order valence-corrected chi connectivity index (χ1v) is 5.96. The number of hydrogen-bond acceptors (Lipinski definition) is 2. The monoisotopic (exact) mass is 189 g/mol. The van der Waals surface area contributed by atoms with Crippen LogP contribution in [0, 0.1) is 0 Å². The summed E-state index contributed by atoms with van der Waals surface area (Å²) in [4.78, 5) is 11.0. The SMILES string of the molecule is CCCCCNC(=O)CCSC. The van der Waals surface area contributed by atoms with E-state index in [1.807, 2.05) is 6.26 Å². The van der Waals surface area contributed by atoms with Crippen molar-refractivity contribution in [2.75, 3.05) is 18.6 Å². The van der Waals surface area contributed by atoms with Crippen LogP contribution in [0.15, 0.2) is 0 Å². The molecule has 0 aromatic rings. The number of thioether (sulfide) groups is 1. The molecule has 1 amide bonds. The van der Waals surface area contributed by atoms with Gasteiger partial charge in [-0.3, -0.25) is 4.79 Å². The molecule has 0 bridgehead atoms. The van der Waals surface area contributed by atoms with Crippen LogP contribution in [0.3, 0.4) is 0 Å². The van der Waals surface area contributed by atoms with Crippen LogP contribution in [0.1, 0.15) is 32.6 Å². The van der Waals surface area contributed by atoms with Crippen LogP contribution in [-0.2, 0) is 4.79 Å². The van der Waals surface area contributed by atoms with Crippen molar-refractivity contribution in [3.05, 3.63) is 0 Å². The molecule has 0 rings (SSSR count). The summed E-state index contributed by atoms with van der Waals surface area (Å²) in [6, 6.07) is 0. The summed E-state index contributed by atoms with van der Waals surface area (Å²) in [5.74, 6) is 1.13. The fraction of sp³-hybridized carbons (Fsp3) is 0.889. The van der Waals surface area contributed by atoms with E-state index in [-0.39, 0.29) is 5.91 Å². The zero-order chi connectivity index (χ0) is 9.23.